The van der Waals surface area contributed by atoms with E-state index >= 15 is 0 Å². The lowest BCUT2D eigenvalue weighted by atomic mass is 10.2. The number of nitrogens with one attached hydrogen (secondary N) is 1. The van der Waals surface area contributed by atoms with Crippen LogP contribution >= 0.6 is 0 Å². The van der Waals surface area contributed by atoms with Crippen LogP contribution in [-0.2, 0) is 6.54 Å². The van der Waals surface area contributed by atoms with Crippen molar-refractivity contribution in [3.05, 3.63) is 47.7 Å². The van der Waals surface area contributed by atoms with Crippen molar-refractivity contribution >= 4 is 11.8 Å². The molecule has 0 aliphatic carbocycles. The van der Waals surface area contributed by atoms with Crippen LogP contribution in [0.4, 0.5) is 5.82 Å². The van der Waals surface area contributed by atoms with Gasteiger partial charge in [0, 0.05) is 18.0 Å². The standard InChI is InChI=1S/C12H12N4O2/c1-8-4-11(16-7-15-8)14-6-10-5-9(12(17)18)2-3-13-10/h2-5,7H,6H2,1H3,(H,17,18)(H,14,15,16). The van der Waals surface area contributed by atoms with Crippen LogP contribution < -0.4 is 5.32 Å². The maximum Gasteiger partial charge on any atom is 0.335 e. The molecule has 0 bridgehead atoms. The van der Waals surface area contributed by atoms with E-state index < -0.39 is 5.97 Å². The topological polar surface area (TPSA) is 88.0 Å². The molecule has 0 amide bonds. The summed E-state index contributed by atoms with van der Waals surface area (Å²) in [6, 6.07) is 4.80. The third-order valence-electron chi connectivity index (χ3n) is 2.32. The fourth-order valence-electron chi connectivity index (χ4n) is 1.44. The summed E-state index contributed by atoms with van der Waals surface area (Å²) in [5, 5.41) is 11.9. The molecular formula is C12H12N4O2. The molecule has 0 aliphatic heterocycles. The number of hydrogen-bond acceptors (Lipinski definition) is 5. The van der Waals surface area contributed by atoms with Crippen LogP contribution in [-0.4, -0.2) is 26.0 Å². The first kappa shape index (κ1) is 12.0. The van der Waals surface area contributed by atoms with Crippen LogP contribution in [0.15, 0.2) is 30.7 Å². The number of aromatic carboxylic acids is 1. The van der Waals surface area contributed by atoms with Crippen LogP contribution in [0.5, 0.6) is 0 Å². The SMILES string of the molecule is Cc1cc(NCc2cc(C(=O)O)ccn2)ncn1. The average molecular weight is 244 g/mol. The molecule has 6 heteroatoms. The van der Waals surface area contributed by atoms with Gasteiger partial charge in [-0.15, -0.1) is 0 Å². The minimum Gasteiger partial charge on any atom is -0.478 e. The zero-order valence-corrected chi connectivity index (χ0v) is 9.79. The zero-order chi connectivity index (χ0) is 13.0. The Hall–Kier alpha value is -2.50. The molecule has 0 saturated heterocycles. The summed E-state index contributed by atoms with van der Waals surface area (Å²) < 4.78 is 0. The highest BCUT2D eigenvalue weighted by Crippen LogP contribution is 2.06. The van der Waals surface area contributed by atoms with Crippen molar-refractivity contribution in [2.24, 2.45) is 0 Å². The first-order chi connectivity index (χ1) is 8.65. The third-order valence-corrected chi connectivity index (χ3v) is 2.32. The van der Waals surface area contributed by atoms with Crippen molar-refractivity contribution in [3.8, 4) is 0 Å². The summed E-state index contributed by atoms with van der Waals surface area (Å²) in [5.41, 5.74) is 1.73. The van der Waals surface area contributed by atoms with Crippen LogP contribution in [0.25, 0.3) is 0 Å². The van der Waals surface area contributed by atoms with Gasteiger partial charge in [-0.1, -0.05) is 0 Å². The Morgan fingerprint density at radius 1 is 1.33 bits per heavy atom. The van der Waals surface area contributed by atoms with Gasteiger partial charge in [0.1, 0.15) is 12.1 Å². The number of hydrogen-bond donors (Lipinski definition) is 2. The largest absolute Gasteiger partial charge is 0.478 e. The lowest BCUT2D eigenvalue weighted by Gasteiger charge is -2.05. The highest BCUT2D eigenvalue weighted by Gasteiger charge is 2.04. The van der Waals surface area contributed by atoms with Gasteiger partial charge < -0.3 is 10.4 Å². The number of nitrogens with zero attached hydrogens (tertiary/aromatic N) is 3. The van der Waals surface area contributed by atoms with Gasteiger partial charge >= 0.3 is 5.97 Å². The predicted molar refractivity (Wildman–Crippen MR) is 65.3 cm³/mol. The summed E-state index contributed by atoms with van der Waals surface area (Å²) in [6.07, 6.45) is 2.95. The zero-order valence-electron chi connectivity index (χ0n) is 9.79. The maximum atomic E-state index is 10.8. The van der Waals surface area contributed by atoms with Crippen molar-refractivity contribution in [1.82, 2.24) is 15.0 Å². The molecule has 2 heterocycles. The van der Waals surface area contributed by atoms with Crippen molar-refractivity contribution in [1.29, 1.82) is 0 Å². The highest BCUT2D eigenvalue weighted by molar-refractivity contribution is 5.87. The first-order valence-corrected chi connectivity index (χ1v) is 5.36. The summed E-state index contributed by atoms with van der Waals surface area (Å²) in [5.74, 6) is -0.276. The van der Waals surface area contributed by atoms with Gasteiger partial charge in [-0.2, -0.15) is 0 Å². The van der Waals surface area contributed by atoms with Gasteiger partial charge in [-0.3, -0.25) is 4.98 Å². The normalized spacial score (nSPS) is 10.1. The van der Waals surface area contributed by atoms with Gasteiger partial charge in [0.05, 0.1) is 17.8 Å². The number of aromatic nitrogens is 3. The first-order valence-electron chi connectivity index (χ1n) is 5.36. The van der Waals surface area contributed by atoms with Gasteiger partial charge in [0.25, 0.3) is 0 Å². The third kappa shape index (κ3) is 3.00. The molecule has 0 unspecified atom stereocenters. The molecule has 0 aliphatic rings. The second kappa shape index (κ2) is 5.22. The minimum atomic E-state index is -0.962. The predicted octanol–water partition coefficient (Wildman–Crippen LogP) is 1.49. The molecule has 0 spiro atoms. The quantitative estimate of drug-likeness (QED) is 0.847. The van der Waals surface area contributed by atoms with Crippen LogP contribution in [0.2, 0.25) is 0 Å². The summed E-state index contributed by atoms with van der Waals surface area (Å²) in [7, 11) is 0. The number of carboxylic acids is 1. The van der Waals surface area contributed by atoms with Crippen molar-refractivity contribution in [2.75, 3.05) is 5.32 Å². The molecule has 18 heavy (non-hydrogen) atoms. The summed E-state index contributed by atoms with van der Waals surface area (Å²) >= 11 is 0. The Morgan fingerprint density at radius 3 is 2.89 bits per heavy atom. The van der Waals surface area contributed by atoms with Crippen molar-refractivity contribution in [2.45, 2.75) is 13.5 Å². The fraction of sp³-hybridized carbons (Fsp3) is 0.167. The molecule has 92 valence electrons. The van der Waals surface area contributed by atoms with E-state index in [0.717, 1.165) is 5.69 Å². The van der Waals surface area contributed by atoms with E-state index in [1.165, 1.54) is 24.7 Å². The molecule has 2 aromatic rings. The minimum absolute atomic E-state index is 0.223. The number of carbonyl (C=O) groups is 1. The Bertz CT molecular complexity index is 572. The summed E-state index contributed by atoms with van der Waals surface area (Å²) in [4.78, 5) is 22.9. The van der Waals surface area contributed by atoms with Gasteiger partial charge in [-0.25, -0.2) is 14.8 Å². The summed E-state index contributed by atoms with van der Waals surface area (Å²) in [6.45, 7) is 2.29. The Balaban J connectivity index is 2.06. The molecular weight excluding hydrogens is 232 g/mol. The number of carboxylic acid groups (broad SMARTS) is 1. The Labute approximate surface area is 104 Å². The average Bonchev–Trinajstić information content (AvgIpc) is 2.37. The molecule has 6 nitrogen and oxygen atoms in total. The monoisotopic (exact) mass is 244 g/mol. The molecule has 0 radical (unpaired) electrons. The molecule has 2 aromatic heterocycles. The van der Waals surface area contributed by atoms with E-state index in [2.05, 4.69) is 20.3 Å². The van der Waals surface area contributed by atoms with Gasteiger partial charge in [0.15, 0.2) is 0 Å². The number of rotatable bonds is 4. The second-order valence-corrected chi connectivity index (χ2v) is 3.74. The fourth-order valence-corrected chi connectivity index (χ4v) is 1.44. The number of anilines is 1. The maximum absolute atomic E-state index is 10.8. The van der Waals surface area contributed by atoms with E-state index in [9.17, 15) is 4.79 Å². The number of aryl methyl sites for hydroxylation is 1. The molecule has 0 fully saturated rings. The highest BCUT2D eigenvalue weighted by atomic mass is 16.4. The Kier molecular flexibility index (Phi) is 3.47. The van der Waals surface area contributed by atoms with E-state index in [-0.39, 0.29) is 5.56 Å². The second-order valence-electron chi connectivity index (χ2n) is 3.74. The smallest absolute Gasteiger partial charge is 0.335 e. The molecule has 2 rings (SSSR count). The van der Waals surface area contributed by atoms with Crippen molar-refractivity contribution < 1.29 is 9.90 Å². The van der Waals surface area contributed by atoms with Crippen LogP contribution in [0, 0.1) is 6.92 Å². The van der Waals surface area contributed by atoms with E-state index in [4.69, 9.17) is 5.11 Å². The lowest BCUT2D eigenvalue weighted by Crippen LogP contribution is -2.05. The van der Waals surface area contributed by atoms with Gasteiger partial charge in [-0.05, 0) is 19.1 Å². The number of pyridine rings is 1. The van der Waals surface area contributed by atoms with Crippen LogP contribution in [0.1, 0.15) is 21.7 Å². The van der Waals surface area contributed by atoms with Gasteiger partial charge in [0.2, 0.25) is 0 Å². The Morgan fingerprint density at radius 2 is 2.17 bits per heavy atom. The lowest BCUT2D eigenvalue weighted by molar-refractivity contribution is 0.0696. The molecule has 0 aromatic carbocycles. The van der Waals surface area contributed by atoms with E-state index in [0.29, 0.717) is 18.1 Å². The van der Waals surface area contributed by atoms with Crippen LogP contribution in [0.3, 0.4) is 0 Å². The molecule has 0 atom stereocenters. The van der Waals surface area contributed by atoms with Crippen molar-refractivity contribution in [3.63, 3.8) is 0 Å². The van der Waals surface area contributed by atoms with E-state index in [1.54, 1.807) is 6.07 Å². The molecule has 2 N–H and O–H groups in total. The van der Waals surface area contributed by atoms with E-state index in [1.807, 2.05) is 6.92 Å². The molecule has 0 saturated carbocycles.